The predicted molar refractivity (Wildman–Crippen MR) is 146 cm³/mol. The maximum atomic E-state index is 12.3. The van der Waals surface area contributed by atoms with Crippen molar-refractivity contribution in [3.63, 3.8) is 0 Å². The van der Waals surface area contributed by atoms with E-state index in [1.54, 1.807) is 0 Å². The van der Waals surface area contributed by atoms with E-state index in [0.29, 0.717) is 38.8 Å². The highest BCUT2D eigenvalue weighted by Crippen LogP contribution is 2.22. The van der Waals surface area contributed by atoms with Crippen LogP contribution in [-0.4, -0.2) is 52.0 Å². The molecule has 0 radical (unpaired) electrons. The molecule has 0 atom stereocenters. The summed E-state index contributed by atoms with van der Waals surface area (Å²) in [5, 5.41) is 6.16. The van der Waals surface area contributed by atoms with Gasteiger partial charge in [-0.15, -0.1) is 0 Å². The highest BCUT2D eigenvalue weighted by Gasteiger charge is 2.11. The Morgan fingerprint density at radius 2 is 1.54 bits per heavy atom. The molecule has 0 saturated heterocycles. The highest BCUT2D eigenvalue weighted by atomic mass is 16.5. The lowest BCUT2D eigenvalue weighted by Gasteiger charge is -2.18. The molecule has 0 aliphatic rings. The molecule has 6 heteroatoms. The monoisotopic (exact) mass is 492 g/mol. The standard InChI is InChI=1S/C29H52N2O4/c1-4-7-9-11-14-26(15-12-10-8-5-2)25-35-28-17-13-16-27(24-28)31-29(32)18-20-33-22-23-34-21-19-30-6-3/h13,16-17,24,26,30H,4-12,14-15,18-23,25H2,1-3H3,(H,31,32). The van der Waals surface area contributed by atoms with Crippen LogP contribution in [0, 0.1) is 5.92 Å². The lowest BCUT2D eigenvalue weighted by molar-refractivity contribution is -0.117. The van der Waals surface area contributed by atoms with Crippen LogP contribution in [0.3, 0.4) is 0 Å². The second kappa shape index (κ2) is 22.8. The molecule has 0 heterocycles. The Kier molecular flexibility index (Phi) is 20.5. The van der Waals surface area contributed by atoms with Gasteiger partial charge in [0.2, 0.25) is 5.91 Å². The fraction of sp³-hybridized carbons (Fsp3) is 0.759. The number of amides is 1. The fourth-order valence-corrected chi connectivity index (χ4v) is 3.94. The lowest BCUT2D eigenvalue weighted by Crippen LogP contribution is -2.20. The molecule has 202 valence electrons. The lowest BCUT2D eigenvalue weighted by atomic mass is 9.95. The normalized spacial score (nSPS) is 11.2. The minimum absolute atomic E-state index is 0.0556. The van der Waals surface area contributed by atoms with E-state index in [1.165, 1.54) is 64.2 Å². The Hall–Kier alpha value is -1.63. The van der Waals surface area contributed by atoms with Crippen molar-refractivity contribution in [2.75, 3.05) is 51.4 Å². The van der Waals surface area contributed by atoms with Crippen LogP contribution in [0.25, 0.3) is 0 Å². The first-order valence-electron chi connectivity index (χ1n) is 14.1. The number of nitrogens with one attached hydrogen (secondary N) is 2. The van der Waals surface area contributed by atoms with Gasteiger partial charge in [-0.2, -0.15) is 0 Å². The second-order valence-electron chi connectivity index (χ2n) is 9.28. The summed E-state index contributed by atoms with van der Waals surface area (Å²) in [4.78, 5) is 12.3. The van der Waals surface area contributed by atoms with Crippen molar-refractivity contribution < 1.29 is 19.0 Å². The smallest absolute Gasteiger partial charge is 0.226 e. The number of likely N-dealkylation sites (N-methyl/N-ethyl adjacent to an activating group) is 1. The first kappa shape index (κ1) is 31.4. The summed E-state index contributed by atoms with van der Waals surface area (Å²) in [5.41, 5.74) is 0.765. The van der Waals surface area contributed by atoms with Crippen LogP contribution in [0.5, 0.6) is 5.75 Å². The molecule has 0 spiro atoms. The van der Waals surface area contributed by atoms with E-state index in [9.17, 15) is 4.79 Å². The molecule has 0 aromatic heterocycles. The van der Waals surface area contributed by atoms with E-state index in [1.807, 2.05) is 24.3 Å². The van der Waals surface area contributed by atoms with Gasteiger partial charge in [0, 0.05) is 18.3 Å². The van der Waals surface area contributed by atoms with Crippen molar-refractivity contribution in [2.45, 2.75) is 91.4 Å². The van der Waals surface area contributed by atoms with Crippen LogP contribution in [0.1, 0.15) is 91.4 Å². The predicted octanol–water partition coefficient (Wildman–Crippen LogP) is 6.59. The summed E-state index contributed by atoms with van der Waals surface area (Å²) in [6.45, 7) is 11.2. The molecule has 6 nitrogen and oxygen atoms in total. The zero-order valence-corrected chi connectivity index (χ0v) is 22.7. The molecule has 0 aliphatic heterocycles. The largest absolute Gasteiger partial charge is 0.493 e. The summed E-state index contributed by atoms with van der Waals surface area (Å²) in [6, 6.07) is 7.72. The minimum atomic E-state index is -0.0556. The highest BCUT2D eigenvalue weighted by molar-refractivity contribution is 5.90. The molecule has 1 aromatic carbocycles. The van der Waals surface area contributed by atoms with E-state index < -0.39 is 0 Å². The third-order valence-corrected chi connectivity index (χ3v) is 6.05. The molecule has 0 bridgehead atoms. The number of unbranched alkanes of at least 4 members (excludes halogenated alkanes) is 6. The SMILES string of the molecule is CCCCCCC(CCCCCC)COc1cccc(NC(=O)CCOCCOCCNCC)c1. The van der Waals surface area contributed by atoms with Gasteiger partial charge in [-0.05, 0) is 37.4 Å². The summed E-state index contributed by atoms with van der Waals surface area (Å²) in [7, 11) is 0. The first-order valence-corrected chi connectivity index (χ1v) is 14.1. The van der Waals surface area contributed by atoms with Gasteiger partial charge in [-0.3, -0.25) is 4.79 Å². The maximum absolute atomic E-state index is 12.3. The number of benzene rings is 1. The molecule has 0 saturated carbocycles. The zero-order chi connectivity index (χ0) is 25.4. The molecule has 1 rings (SSSR count). The van der Waals surface area contributed by atoms with Crippen LogP contribution >= 0.6 is 0 Å². The molecule has 1 amide bonds. The number of anilines is 1. The number of hydrogen-bond donors (Lipinski definition) is 2. The first-order chi connectivity index (χ1) is 17.2. The summed E-state index contributed by atoms with van der Waals surface area (Å²) in [6.07, 6.45) is 13.2. The number of carbonyl (C=O) groups excluding carboxylic acids is 1. The Bertz CT molecular complexity index is 614. The fourth-order valence-electron chi connectivity index (χ4n) is 3.94. The van der Waals surface area contributed by atoms with E-state index in [0.717, 1.165) is 31.1 Å². The minimum Gasteiger partial charge on any atom is -0.493 e. The van der Waals surface area contributed by atoms with E-state index in [4.69, 9.17) is 14.2 Å². The van der Waals surface area contributed by atoms with Crippen molar-refractivity contribution in [1.82, 2.24) is 5.32 Å². The van der Waals surface area contributed by atoms with Gasteiger partial charge in [0.15, 0.2) is 0 Å². The van der Waals surface area contributed by atoms with Crippen LogP contribution in [-0.2, 0) is 14.3 Å². The third-order valence-electron chi connectivity index (χ3n) is 6.05. The topological polar surface area (TPSA) is 68.8 Å². The Labute approximate surface area is 214 Å². The van der Waals surface area contributed by atoms with Gasteiger partial charge in [0.25, 0.3) is 0 Å². The van der Waals surface area contributed by atoms with Crippen molar-refractivity contribution in [2.24, 2.45) is 5.92 Å². The molecular weight excluding hydrogens is 440 g/mol. The van der Waals surface area contributed by atoms with Crippen LogP contribution < -0.4 is 15.4 Å². The van der Waals surface area contributed by atoms with Gasteiger partial charge >= 0.3 is 0 Å². The number of carbonyl (C=O) groups is 1. The average Bonchev–Trinajstić information content (AvgIpc) is 2.86. The van der Waals surface area contributed by atoms with Gasteiger partial charge in [-0.1, -0.05) is 78.2 Å². The average molecular weight is 493 g/mol. The summed E-state index contributed by atoms with van der Waals surface area (Å²) < 4.78 is 17.1. The molecule has 35 heavy (non-hydrogen) atoms. The Morgan fingerprint density at radius 3 is 2.20 bits per heavy atom. The molecule has 0 aliphatic carbocycles. The summed E-state index contributed by atoms with van der Waals surface area (Å²) in [5.74, 6) is 1.37. The van der Waals surface area contributed by atoms with Crippen LogP contribution in [0.2, 0.25) is 0 Å². The van der Waals surface area contributed by atoms with Crippen molar-refractivity contribution in [3.8, 4) is 5.75 Å². The van der Waals surface area contributed by atoms with Gasteiger partial charge < -0.3 is 24.8 Å². The molecular formula is C29H52N2O4. The van der Waals surface area contributed by atoms with Crippen molar-refractivity contribution in [3.05, 3.63) is 24.3 Å². The number of rotatable bonds is 24. The van der Waals surface area contributed by atoms with E-state index in [2.05, 4.69) is 31.4 Å². The van der Waals surface area contributed by atoms with Crippen LogP contribution in [0.15, 0.2) is 24.3 Å². The molecule has 0 fully saturated rings. The van der Waals surface area contributed by atoms with Crippen molar-refractivity contribution >= 4 is 11.6 Å². The van der Waals surface area contributed by atoms with Crippen LogP contribution in [0.4, 0.5) is 5.69 Å². The summed E-state index contributed by atoms with van der Waals surface area (Å²) >= 11 is 0. The van der Waals surface area contributed by atoms with Gasteiger partial charge in [-0.25, -0.2) is 0 Å². The Morgan fingerprint density at radius 1 is 0.857 bits per heavy atom. The molecule has 1 aromatic rings. The second-order valence-corrected chi connectivity index (χ2v) is 9.28. The third kappa shape index (κ3) is 18.3. The number of ether oxygens (including phenoxy) is 3. The van der Waals surface area contributed by atoms with E-state index >= 15 is 0 Å². The Balaban J connectivity index is 2.32. The molecule has 2 N–H and O–H groups in total. The van der Waals surface area contributed by atoms with Gasteiger partial charge in [0.1, 0.15) is 5.75 Å². The van der Waals surface area contributed by atoms with E-state index in [-0.39, 0.29) is 5.91 Å². The quantitative estimate of drug-likeness (QED) is 0.159. The van der Waals surface area contributed by atoms with Gasteiger partial charge in [0.05, 0.1) is 39.5 Å². The van der Waals surface area contributed by atoms with Crippen molar-refractivity contribution in [1.29, 1.82) is 0 Å². The zero-order valence-electron chi connectivity index (χ0n) is 22.7. The number of hydrogen-bond acceptors (Lipinski definition) is 5. The molecule has 0 unspecified atom stereocenters. The maximum Gasteiger partial charge on any atom is 0.226 e.